The van der Waals surface area contributed by atoms with Crippen LogP contribution in [0.1, 0.15) is 58.3 Å². The average Bonchev–Trinajstić information content (AvgIpc) is 2.41. The quantitative estimate of drug-likeness (QED) is 0.341. The molecular formula is C14H21F6O3-. The van der Waals surface area contributed by atoms with Gasteiger partial charge in [0.15, 0.2) is 5.60 Å². The lowest BCUT2D eigenvalue weighted by Gasteiger charge is -2.40. The molecule has 0 fully saturated rings. The number of unbranched alkanes of at least 4 members (excludes halogenated alkanes) is 7. The first kappa shape index (κ1) is 22.0. The number of carbonyl (C=O) groups excluding carboxylic acids is 1. The van der Waals surface area contributed by atoms with Gasteiger partial charge in [-0.2, -0.15) is 26.3 Å². The zero-order valence-electron chi connectivity index (χ0n) is 12.9. The molecule has 138 valence electrons. The Hall–Kier alpha value is -0.990. The summed E-state index contributed by atoms with van der Waals surface area (Å²) in [6, 6.07) is 0. The Kier molecular flexibility index (Phi) is 8.94. The molecule has 0 heterocycles. The average molecular weight is 351 g/mol. The first-order valence-electron chi connectivity index (χ1n) is 7.49. The van der Waals surface area contributed by atoms with Crippen molar-refractivity contribution in [1.82, 2.24) is 0 Å². The van der Waals surface area contributed by atoms with Crippen LogP contribution in [-0.2, 0) is 9.53 Å². The van der Waals surface area contributed by atoms with Crippen LogP contribution in [0.3, 0.4) is 0 Å². The van der Waals surface area contributed by atoms with E-state index in [4.69, 9.17) is 0 Å². The van der Waals surface area contributed by atoms with E-state index in [2.05, 4.69) is 11.7 Å². The molecule has 0 amide bonds. The molecular weight excluding hydrogens is 330 g/mol. The lowest BCUT2D eigenvalue weighted by atomic mass is 10.0. The lowest BCUT2D eigenvalue weighted by Crippen LogP contribution is -2.71. The SMILES string of the molecule is CCCCCCCCCCOC(=O)C([O-])(C(F)(F)F)C(F)(F)F. The van der Waals surface area contributed by atoms with Crippen LogP contribution in [-0.4, -0.2) is 30.5 Å². The van der Waals surface area contributed by atoms with Gasteiger partial charge in [0.2, 0.25) is 0 Å². The van der Waals surface area contributed by atoms with Crippen molar-refractivity contribution in [2.24, 2.45) is 0 Å². The van der Waals surface area contributed by atoms with Crippen LogP contribution < -0.4 is 5.11 Å². The molecule has 9 heteroatoms. The number of carbonyl (C=O) groups is 1. The molecule has 0 unspecified atom stereocenters. The molecule has 0 aromatic rings. The highest BCUT2D eigenvalue weighted by atomic mass is 19.4. The van der Waals surface area contributed by atoms with Crippen molar-refractivity contribution < 1.29 is 41.0 Å². The summed E-state index contributed by atoms with van der Waals surface area (Å²) in [6.07, 6.45) is -6.09. The van der Waals surface area contributed by atoms with Crippen molar-refractivity contribution in [2.45, 2.75) is 76.2 Å². The molecule has 0 saturated carbocycles. The fraction of sp³-hybridized carbons (Fsp3) is 0.929. The van der Waals surface area contributed by atoms with Crippen LogP contribution in [0.15, 0.2) is 0 Å². The van der Waals surface area contributed by atoms with Gasteiger partial charge in [-0.15, -0.1) is 0 Å². The van der Waals surface area contributed by atoms with Gasteiger partial charge in [-0.1, -0.05) is 51.9 Å². The van der Waals surface area contributed by atoms with E-state index in [1.807, 2.05) is 0 Å². The van der Waals surface area contributed by atoms with Crippen molar-refractivity contribution >= 4 is 5.97 Å². The van der Waals surface area contributed by atoms with E-state index in [1.54, 1.807) is 0 Å². The van der Waals surface area contributed by atoms with Gasteiger partial charge in [0.1, 0.15) is 0 Å². The summed E-state index contributed by atoms with van der Waals surface area (Å²) in [5.41, 5.74) is -5.74. The number of hydrogen-bond donors (Lipinski definition) is 0. The maximum atomic E-state index is 12.3. The van der Waals surface area contributed by atoms with Gasteiger partial charge in [0.25, 0.3) is 0 Å². The van der Waals surface area contributed by atoms with E-state index in [1.165, 1.54) is 0 Å². The molecule has 0 spiro atoms. The number of esters is 1. The molecule has 3 nitrogen and oxygen atoms in total. The second-order valence-electron chi connectivity index (χ2n) is 5.29. The molecule has 0 N–H and O–H groups in total. The third-order valence-corrected chi connectivity index (χ3v) is 3.32. The second kappa shape index (κ2) is 9.34. The van der Waals surface area contributed by atoms with Gasteiger partial charge >= 0.3 is 18.3 Å². The van der Waals surface area contributed by atoms with Gasteiger partial charge in [0.05, 0.1) is 6.61 Å². The van der Waals surface area contributed by atoms with Crippen LogP contribution in [0.25, 0.3) is 0 Å². The van der Waals surface area contributed by atoms with Gasteiger partial charge in [0, 0.05) is 0 Å². The predicted molar refractivity (Wildman–Crippen MR) is 68.4 cm³/mol. The van der Waals surface area contributed by atoms with E-state index in [0.29, 0.717) is 6.42 Å². The van der Waals surface area contributed by atoms with Gasteiger partial charge < -0.3 is 9.84 Å². The molecule has 0 rings (SSSR count). The summed E-state index contributed by atoms with van der Waals surface area (Å²) >= 11 is 0. The highest BCUT2D eigenvalue weighted by molar-refractivity contribution is 5.81. The maximum absolute atomic E-state index is 12.3. The zero-order valence-corrected chi connectivity index (χ0v) is 12.9. The standard InChI is InChI=1S/C14H21F6O3/c1-2-3-4-5-6-7-8-9-10-23-11(21)12(22,13(15,16)17)14(18,19)20/h2-10H2,1H3/q-1. The summed E-state index contributed by atoms with van der Waals surface area (Å²) in [5, 5.41) is 11.0. The van der Waals surface area contributed by atoms with Crippen molar-refractivity contribution in [3.63, 3.8) is 0 Å². The zero-order chi connectivity index (χ0) is 18.1. The molecule has 0 saturated heterocycles. The number of halogens is 6. The number of hydrogen-bond acceptors (Lipinski definition) is 3. The Morgan fingerprint density at radius 2 is 1.22 bits per heavy atom. The van der Waals surface area contributed by atoms with E-state index in [0.717, 1.165) is 38.5 Å². The molecule has 0 aromatic heterocycles. The van der Waals surface area contributed by atoms with Gasteiger partial charge in [-0.25, -0.2) is 0 Å². The van der Waals surface area contributed by atoms with Gasteiger partial charge in [-0.05, 0) is 6.42 Å². The highest BCUT2D eigenvalue weighted by Crippen LogP contribution is 2.41. The van der Waals surface area contributed by atoms with E-state index in [-0.39, 0.29) is 6.42 Å². The monoisotopic (exact) mass is 351 g/mol. The summed E-state index contributed by atoms with van der Waals surface area (Å²) in [5.74, 6) is -2.85. The van der Waals surface area contributed by atoms with Crippen molar-refractivity contribution in [1.29, 1.82) is 0 Å². The minimum atomic E-state index is -6.30. The second-order valence-corrected chi connectivity index (χ2v) is 5.29. The van der Waals surface area contributed by atoms with E-state index >= 15 is 0 Å². The Morgan fingerprint density at radius 3 is 1.61 bits per heavy atom. The maximum Gasteiger partial charge on any atom is 0.399 e. The van der Waals surface area contributed by atoms with Crippen molar-refractivity contribution in [3.05, 3.63) is 0 Å². The fourth-order valence-electron chi connectivity index (χ4n) is 1.89. The van der Waals surface area contributed by atoms with E-state index in [9.17, 15) is 36.2 Å². The van der Waals surface area contributed by atoms with Crippen LogP contribution in [0.5, 0.6) is 0 Å². The Bertz CT molecular complexity index is 337. The topological polar surface area (TPSA) is 49.4 Å². The minimum absolute atomic E-state index is 0.116. The van der Waals surface area contributed by atoms with Crippen LogP contribution in [0.2, 0.25) is 0 Å². The molecule has 0 aromatic carbocycles. The molecule has 0 aliphatic carbocycles. The Morgan fingerprint density at radius 1 is 0.826 bits per heavy atom. The fourth-order valence-corrected chi connectivity index (χ4v) is 1.89. The first-order valence-corrected chi connectivity index (χ1v) is 7.49. The minimum Gasteiger partial charge on any atom is -0.828 e. The molecule has 0 atom stereocenters. The number of alkyl halides is 6. The first-order chi connectivity index (χ1) is 10.5. The van der Waals surface area contributed by atoms with Crippen molar-refractivity contribution in [3.8, 4) is 0 Å². The molecule has 0 radical (unpaired) electrons. The highest BCUT2D eigenvalue weighted by Gasteiger charge is 2.68. The summed E-state index contributed by atoms with van der Waals surface area (Å²) in [4.78, 5) is 11.0. The predicted octanol–water partition coefficient (Wildman–Crippen LogP) is 3.89. The lowest BCUT2D eigenvalue weighted by molar-refractivity contribution is -0.574. The van der Waals surface area contributed by atoms with Gasteiger partial charge in [-0.3, -0.25) is 4.79 Å². The largest absolute Gasteiger partial charge is 0.828 e. The van der Waals surface area contributed by atoms with E-state index < -0.39 is 30.5 Å². The molecule has 0 aliphatic heterocycles. The van der Waals surface area contributed by atoms with Crippen LogP contribution >= 0.6 is 0 Å². The third kappa shape index (κ3) is 6.56. The summed E-state index contributed by atoms with van der Waals surface area (Å²) < 4.78 is 77.7. The molecule has 0 aliphatic rings. The Labute approximate surface area is 131 Å². The molecule has 0 bridgehead atoms. The number of rotatable bonds is 10. The smallest absolute Gasteiger partial charge is 0.399 e. The third-order valence-electron chi connectivity index (χ3n) is 3.32. The molecule has 23 heavy (non-hydrogen) atoms. The van der Waals surface area contributed by atoms with Crippen molar-refractivity contribution in [2.75, 3.05) is 6.61 Å². The van der Waals surface area contributed by atoms with Crippen LogP contribution in [0, 0.1) is 0 Å². The summed E-state index contributed by atoms with van der Waals surface area (Å²) in [7, 11) is 0. The Balaban J connectivity index is 4.18. The van der Waals surface area contributed by atoms with Crippen LogP contribution in [0.4, 0.5) is 26.3 Å². The normalized spacial score (nSPS) is 13.2. The summed E-state index contributed by atoms with van der Waals surface area (Å²) in [6.45, 7) is 1.43. The number of ether oxygens (including phenoxy) is 1.